The Kier molecular flexibility index (Phi) is 12.3. The molecule has 17 rings (SSSR count). The van der Waals surface area contributed by atoms with Crippen molar-refractivity contribution in [2.24, 2.45) is 0 Å². The Balaban J connectivity index is 0.000000141. The molecule has 0 spiro atoms. The van der Waals surface area contributed by atoms with Gasteiger partial charge in [0, 0.05) is 92.0 Å². The average Bonchev–Trinajstić information content (AvgIpc) is 1.77. The van der Waals surface area contributed by atoms with Gasteiger partial charge < -0.3 is 27.2 Å². The van der Waals surface area contributed by atoms with E-state index in [2.05, 4.69) is 202 Å². The molecule has 408 valence electrons. The molecule has 86 heavy (non-hydrogen) atoms. The van der Waals surface area contributed by atoms with Crippen LogP contribution in [0.4, 0.5) is 0 Å². The molecular weight excluding hydrogens is 1090 g/mol. The van der Waals surface area contributed by atoms with Gasteiger partial charge in [-0.1, -0.05) is 200 Å². The van der Waals surface area contributed by atoms with E-state index in [1.165, 1.54) is 32.3 Å². The van der Waals surface area contributed by atoms with Crippen molar-refractivity contribution in [2.75, 3.05) is 0 Å². The summed E-state index contributed by atoms with van der Waals surface area (Å²) >= 11 is 0. The third-order valence-corrected chi connectivity index (χ3v) is 23.2. The zero-order chi connectivity index (χ0) is 57.3. The van der Waals surface area contributed by atoms with Crippen molar-refractivity contribution in [1.82, 2.24) is 13.7 Å². The monoisotopic (exact) mass is 1140 g/mol. The summed E-state index contributed by atoms with van der Waals surface area (Å²) in [5.41, 5.74) is 11.7. The summed E-state index contributed by atoms with van der Waals surface area (Å²) in [6.45, 7) is 0. The van der Waals surface area contributed by atoms with E-state index < -0.39 is 14.3 Å². The Morgan fingerprint density at radius 1 is 0.209 bits per heavy atom. The van der Waals surface area contributed by atoms with E-state index in [-0.39, 0.29) is 0 Å². The van der Waals surface area contributed by atoms with Gasteiger partial charge in [-0.3, -0.25) is 0 Å². The molecule has 0 aliphatic carbocycles. The van der Waals surface area contributed by atoms with Gasteiger partial charge in [-0.25, -0.2) is 0 Å². The van der Waals surface area contributed by atoms with Crippen molar-refractivity contribution in [2.45, 2.75) is 0 Å². The molecule has 0 amide bonds. The van der Waals surface area contributed by atoms with Crippen LogP contribution in [0.3, 0.4) is 0 Å². The summed E-state index contributed by atoms with van der Waals surface area (Å²) in [5.74, 6) is 0. The summed E-state index contributed by atoms with van der Waals surface area (Å²) in [7, 11) is -6.29. The molecule has 0 N–H and O–H groups in total. The molecule has 0 fully saturated rings. The quantitative estimate of drug-likeness (QED) is 0.135. The van der Waals surface area contributed by atoms with E-state index in [9.17, 15) is 0 Å². The standard InChI is InChI=1S/C42H29N2OP.C36H24NO2P/c45-46(32-12-2-1-3-13-32,33-26-22-30(23-27-33)43-39-18-8-4-14-35(39)36-15-5-9-19-40(36)43)34-28-24-31(25-29-34)44-41-20-10-6-16-37(41)38-17-7-11-21-42(38)44;38-40(26-11-3-1-4-12-26,27-13-5-2-6-14-27)28-20-22-36-32(24-28)31-23-25(19-21-35(31)39-36)37-33-17-9-7-15-29(33)30-16-8-10-18-34(30)37/h1-29H;1-24H. The van der Waals surface area contributed by atoms with Crippen LogP contribution in [0.1, 0.15) is 0 Å². The second kappa shape index (κ2) is 20.7. The fourth-order valence-corrected chi connectivity index (χ4v) is 18.4. The lowest BCUT2D eigenvalue weighted by atomic mass is 10.1. The predicted molar refractivity (Wildman–Crippen MR) is 362 cm³/mol. The average molecular weight is 1140 g/mol. The highest BCUT2D eigenvalue weighted by Gasteiger charge is 2.32. The first-order chi connectivity index (χ1) is 42.4. The minimum absolute atomic E-state index is 0.783. The lowest BCUT2D eigenvalue weighted by Crippen LogP contribution is -2.25. The summed E-state index contributed by atoms with van der Waals surface area (Å²) in [6, 6.07) is 110. The van der Waals surface area contributed by atoms with Crippen LogP contribution in [-0.4, -0.2) is 13.7 Å². The van der Waals surface area contributed by atoms with Crippen LogP contribution in [-0.2, 0) is 9.13 Å². The molecule has 4 heterocycles. The first kappa shape index (κ1) is 51.2. The molecule has 6 nitrogen and oxygen atoms in total. The fraction of sp³-hybridized carbons (Fsp3) is 0. The van der Waals surface area contributed by atoms with Crippen molar-refractivity contribution in [3.63, 3.8) is 0 Å². The van der Waals surface area contributed by atoms with E-state index in [1.807, 2.05) is 133 Å². The second-order valence-electron chi connectivity index (χ2n) is 21.8. The van der Waals surface area contributed by atoms with Gasteiger partial charge in [0.25, 0.3) is 0 Å². The number of fused-ring (bicyclic) bond motifs is 12. The summed E-state index contributed by atoms with van der Waals surface area (Å²) in [4.78, 5) is 0. The molecule has 0 unspecified atom stereocenters. The highest BCUT2D eigenvalue weighted by Crippen LogP contribution is 2.46. The van der Waals surface area contributed by atoms with E-state index in [1.54, 1.807) is 0 Å². The van der Waals surface area contributed by atoms with Crippen LogP contribution in [0.2, 0.25) is 0 Å². The first-order valence-electron chi connectivity index (χ1n) is 28.9. The number of nitrogens with zero attached hydrogens (tertiary/aromatic N) is 3. The molecule has 13 aromatic carbocycles. The van der Waals surface area contributed by atoms with Crippen LogP contribution in [0.5, 0.6) is 0 Å². The van der Waals surface area contributed by atoms with Crippen LogP contribution in [0.25, 0.3) is 104 Å². The molecule has 0 aliphatic heterocycles. The molecule has 0 saturated carbocycles. The Bertz CT molecular complexity index is 5170. The summed E-state index contributed by atoms with van der Waals surface area (Å²) < 4.78 is 43.7. The second-order valence-corrected chi connectivity index (χ2v) is 27.4. The van der Waals surface area contributed by atoms with Crippen LogP contribution in [0.15, 0.2) is 326 Å². The normalized spacial score (nSPS) is 12.0. The molecule has 0 radical (unpaired) electrons. The number of para-hydroxylation sites is 6. The Morgan fingerprint density at radius 3 is 0.802 bits per heavy atom. The first-order valence-corrected chi connectivity index (χ1v) is 32.4. The Labute approximate surface area is 496 Å². The predicted octanol–water partition coefficient (Wildman–Crippen LogP) is 17.8. The number of benzene rings is 13. The molecule has 4 aromatic heterocycles. The number of hydrogen-bond donors (Lipinski definition) is 0. The Hall–Kier alpha value is -10.5. The zero-order valence-electron chi connectivity index (χ0n) is 46.6. The molecule has 17 aromatic rings. The van der Waals surface area contributed by atoms with Gasteiger partial charge in [0.15, 0.2) is 14.3 Å². The minimum Gasteiger partial charge on any atom is -0.456 e. The lowest BCUT2D eigenvalue weighted by molar-refractivity contribution is 0.591. The van der Waals surface area contributed by atoms with Crippen molar-refractivity contribution < 1.29 is 13.5 Å². The van der Waals surface area contributed by atoms with E-state index in [4.69, 9.17) is 4.42 Å². The smallest absolute Gasteiger partial charge is 0.171 e. The van der Waals surface area contributed by atoms with Crippen LogP contribution in [0, 0.1) is 0 Å². The third-order valence-electron chi connectivity index (χ3n) is 17.1. The number of hydrogen-bond acceptors (Lipinski definition) is 3. The van der Waals surface area contributed by atoms with Gasteiger partial charge >= 0.3 is 0 Å². The van der Waals surface area contributed by atoms with Gasteiger partial charge in [0.2, 0.25) is 0 Å². The lowest BCUT2D eigenvalue weighted by Gasteiger charge is -2.21. The molecule has 0 bridgehead atoms. The van der Waals surface area contributed by atoms with Gasteiger partial charge in [0.1, 0.15) is 11.2 Å². The highest BCUT2D eigenvalue weighted by molar-refractivity contribution is 7.85. The van der Waals surface area contributed by atoms with Crippen molar-refractivity contribution >= 4 is 133 Å². The van der Waals surface area contributed by atoms with Gasteiger partial charge in [0.05, 0.1) is 33.1 Å². The van der Waals surface area contributed by atoms with Gasteiger partial charge in [-0.2, -0.15) is 0 Å². The van der Waals surface area contributed by atoms with Crippen LogP contribution >= 0.6 is 14.3 Å². The Morgan fingerprint density at radius 2 is 0.453 bits per heavy atom. The molecule has 0 saturated heterocycles. The highest BCUT2D eigenvalue weighted by atomic mass is 31.2. The summed E-state index contributed by atoms with van der Waals surface area (Å²) in [6.07, 6.45) is 0. The van der Waals surface area contributed by atoms with Crippen molar-refractivity contribution in [3.05, 3.63) is 322 Å². The van der Waals surface area contributed by atoms with Crippen molar-refractivity contribution in [3.8, 4) is 17.1 Å². The minimum atomic E-state index is -3.18. The van der Waals surface area contributed by atoms with Crippen molar-refractivity contribution in [1.29, 1.82) is 0 Å². The van der Waals surface area contributed by atoms with Gasteiger partial charge in [-0.05, 0) is 121 Å². The maximum Gasteiger partial charge on any atom is 0.171 e. The maximum atomic E-state index is 15.4. The molecular formula is C78H53N3O3P2. The largest absolute Gasteiger partial charge is 0.456 e. The van der Waals surface area contributed by atoms with Crippen LogP contribution < -0.4 is 31.8 Å². The molecule has 8 heteroatoms. The van der Waals surface area contributed by atoms with E-state index in [0.29, 0.717) is 0 Å². The van der Waals surface area contributed by atoms with E-state index >= 15 is 9.13 Å². The fourth-order valence-electron chi connectivity index (χ4n) is 13.1. The third kappa shape index (κ3) is 8.17. The van der Waals surface area contributed by atoms with Gasteiger partial charge in [-0.15, -0.1) is 0 Å². The molecule has 0 aliphatic rings. The molecule has 0 atom stereocenters. The summed E-state index contributed by atoms with van der Waals surface area (Å²) in [5, 5.41) is 14.2. The maximum absolute atomic E-state index is 15.4. The number of furan rings is 1. The number of rotatable bonds is 9. The number of aromatic nitrogens is 3. The van der Waals surface area contributed by atoms with E-state index in [0.717, 1.165) is 104 Å². The zero-order valence-corrected chi connectivity index (χ0v) is 48.3. The topological polar surface area (TPSA) is 62.1 Å². The SMILES string of the molecule is O=P(c1ccccc1)(c1ccc(-n2c3ccccc3c3ccccc32)cc1)c1ccc(-n2c3ccccc3c3ccccc32)cc1.O=P(c1ccccc1)(c1ccccc1)c1ccc2oc3ccc(-n4c5ccccc5c5ccccc54)cc3c2c1.